The smallest absolute Gasteiger partial charge is 0.248 e. The second-order valence-corrected chi connectivity index (χ2v) is 7.25. The lowest BCUT2D eigenvalue weighted by Gasteiger charge is -2.26. The number of nitrogens with one attached hydrogen (secondary N) is 2. The zero-order chi connectivity index (χ0) is 16.3. The van der Waals surface area contributed by atoms with Crippen molar-refractivity contribution >= 4 is 11.8 Å². The molecule has 0 radical (unpaired) electrons. The van der Waals surface area contributed by atoms with Crippen LogP contribution in [-0.4, -0.2) is 41.7 Å². The second-order valence-electron chi connectivity index (χ2n) is 7.25. The molecule has 2 aliphatic rings. The Labute approximate surface area is 132 Å². The minimum atomic E-state index is -1.31. The summed E-state index contributed by atoms with van der Waals surface area (Å²) < 4.78 is 0. The van der Waals surface area contributed by atoms with Gasteiger partial charge in [0.15, 0.2) is 6.10 Å². The first-order valence-electron chi connectivity index (χ1n) is 8.39. The molecule has 1 heterocycles. The van der Waals surface area contributed by atoms with Gasteiger partial charge < -0.3 is 21.5 Å². The number of nitrogens with two attached hydrogens (primary N) is 1. The molecule has 2 fully saturated rings. The van der Waals surface area contributed by atoms with Crippen molar-refractivity contribution in [2.45, 2.75) is 64.1 Å². The summed E-state index contributed by atoms with van der Waals surface area (Å²) in [5, 5.41) is 16.1. The van der Waals surface area contributed by atoms with E-state index in [0.29, 0.717) is 24.2 Å². The Morgan fingerprint density at radius 1 is 1.27 bits per heavy atom. The van der Waals surface area contributed by atoms with Gasteiger partial charge in [-0.25, -0.2) is 0 Å². The van der Waals surface area contributed by atoms with Crippen molar-refractivity contribution in [3.8, 4) is 0 Å². The molecule has 2 rings (SSSR count). The molecule has 1 aliphatic heterocycles. The molecule has 2 unspecified atom stereocenters. The minimum Gasteiger partial charge on any atom is -0.381 e. The number of primary amides is 1. The Bertz CT molecular complexity index is 409. The molecule has 6 nitrogen and oxygen atoms in total. The first-order chi connectivity index (χ1) is 10.4. The second kappa shape index (κ2) is 7.42. The largest absolute Gasteiger partial charge is 0.381 e. The molecule has 0 bridgehead atoms. The molecule has 1 saturated carbocycles. The fourth-order valence-corrected chi connectivity index (χ4v) is 3.37. The van der Waals surface area contributed by atoms with Gasteiger partial charge in [0.2, 0.25) is 11.8 Å². The Morgan fingerprint density at radius 3 is 2.50 bits per heavy atom. The summed E-state index contributed by atoms with van der Waals surface area (Å²) >= 11 is 0. The van der Waals surface area contributed by atoms with Gasteiger partial charge in [-0.1, -0.05) is 26.7 Å². The summed E-state index contributed by atoms with van der Waals surface area (Å²) in [5.74, 6) is 0.450. The van der Waals surface area contributed by atoms with E-state index in [2.05, 4.69) is 24.5 Å². The third kappa shape index (κ3) is 4.68. The van der Waals surface area contributed by atoms with E-state index >= 15 is 0 Å². The van der Waals surface area contributed by atoms with Crippen molar-refractivity contribution in [3.63, 3.8) is 0 Å². The normalized spacial score (nSPS) is 27.6. The number of rotatable bonds is 8. The predicted molar refractivity (Wildman–Crippen MR) is 83.8 cm³/mol. The number of carbonyl (C=O) groups excluding carboxylic acids is 2. The lowest BCUT2D eigenvalue weighted by Crippen LogP contribution is -2.54. The van der Waals surface area contributed by atoms with Gasteiger partial charge in [0.05, 0.1) is 12.1 Å². The molecule has 2 amide bonds. The van der Waals surface area contributed by atoms with Crippen molar-refractivity contribution in [1.82, 2.24) is 10.6 Å². The first-order valence-corrected chi connectivity index (χ1v) is 8.39. The Morgan fingerprint density at radius 2 is 1.95 bits per heavy atom. The monoisotopic (exact) mass is 311 g/mol. The van der Waals surface area contributed by atoms with Gasteiger partial charge in [0, 0.05) is 0 Å². The highest BCUT2D eigenvalue weighted by Crippen LogP contribution is 2.34. The van der Waals surface area contributed by atoms with E-state index in [1.54, 1.807) is 0 Å². The van der Waals surface area contributed by atoms with Gasteiger partial charge in [-0.2, -0.15) is 0 Å². The third-order valence-electron chi connectivity index (χ3n) is 4.69. The maximum Gasteiger partial charge on any atom is 0.248 e. The molecule has 22 heavy (non-hydrogen) atoms. The quantitative estimate of drug-likeness (QED) is 0.512. The maximum atomic E-state index is 12.5. The topological polar surface area (TPSA) is 104 Å². The molecule has 0 aromatic rings. The van der Waals surface area contributed by atoms with E-state index in [1.165, 1.54) is 0 Å². The number of aliphatic hydroxyl groups is 1. The minimum absolute atomic E-state index is 0.117. The Balaban J connectivity index is 1.95. The van der Waals surface area contributed by atoms with E-state index in [0.717, 1.165) is 32.2 Å². The number of carbonyl (C=O) groups is 2. The van der Waals surface area contributed by atoms with Crippen LogP contribution in [0.15, 0.2) is 0 Å². The summed E-state index contributed by atoms with van der Waals surface area (Å²) in [5.41, 5.74) is 5.20. The number of hydrogen-bond donors (Lipinski definition) is 4. The molecular formula is C16H29N3O3. The van der Waals surface area contributed by atoms with Crippen LogP contribution in [0.5, 0.6) is 0 Å². The summed E-state index contributed by atoms with van der Waals surface area (Å²) in [6.07, 6.45) is 3.48. The van der Waals surface area contributed by atoms with Crippen LogP contribution < -0.4 is 16.4 Å². The van der Waals surface area contributed by atoms with Crippen LogP contribution in [0.4, 0.5) is 0 Å². The van der Waals surface area contributed by atoms with E-state index in [-0.39, 0.29) is 11.9 Å². The van der Waals surface area contributed by atoms with Gasteiger partial charge in [-0.3, -0.25) is 9.59 Å². The Kier molecular flexibility index (Phi) is 5.81. The molecule has 0 aromatic heterocycles. The van der Waals surface area contributed by atoms with Gasteiger partial charge in [0.1, 0.15) is 0 Å². The van der Waals surface area contributed by atoms with Crippen LogP contribution >= 0.6 is 0 Å². The molecule has 5 N–H and O–H groups in total. The maximum absolute atomic E-state index is 12.5. The fraction of sp³-hybridized carbons (Fsp3) is 0.875. The number of amides is 2. The standard InChI is InChI=1S/C16H29N3O3/c1-9(2)7-11-5-6-18-13(11)16(22)19-12(8-10-3-4-10)14(20)15(17)21/h9-14,18,20H,3-8H2,1-2H3,(H2,17,21)(H,19,22)/t11-,12?,13+,14?/m1/s1. The Hall–Kier alpha value is -1.14. The molecule has 0 spiro atoms. The SMILES string of the molecule is CC(C)C[C@H]1CCN[C@@H]1C(=O)NC(CC1CC1)C(O)C(N)=O. The highest BCUT2D eigenvalue weighted by Gasteiger charge is 2.37. The lowest BCUT2D eigenvalue weighted by molar-refractivity contribution is -0.130. The highest BCUT2D eigenvalue weighted by molar-refractivity contribution is 5.85. The molecule has 1 saturated heterocycles. The van der Waals surface area contributed by atoms with Crippen LogP contribution in [0.2, 0.25) is 0 Å². The van der Waals surface area contributed by atoms with Gasteiger partial charge in [-0.05, 0) is 43.6 Å². The summed E-state index contributed by atoms with van der Waals surface area (Å²) in [6, 6.07) is -0.802. The van der Waals surface area contributed by atoms with Gasteiger partial charge in [-0.15, -0.1) is 0 Å². The van der Waals surface area contributed by atoms with Crippen LogP contribution in [0.3, 0.4) is 0 Å². The van der Waals surface area contributed by atoms with E-state index in [1.807, 2.05) is 0 Å². The van der Waals surface area contributed by atoms with E-state index in [9.17, 15) is 14.7 Å². The zero-order valence-corrected chi connectivity index (χ0v) is 13.5. The first kappa shape index (κ1) is 17.2. The van der Waals surface area contributed by atoms with Crippen molar-refractivity contribution in [2.24, 2.45) is 23.5 Å². The molecule has 0 aromatic carbocycles. The average molecular weight is 311 g/mol. The fourth-order valence-electron chi connectivity index (χ4n) is 3.37. The molecular weight excluding hydrogens is 282 g/mol. The lowest BCUT2D eigenvalue weighted by atomic mass is 9.90. The molecule has 126 valence electrons. The van der Waals surface area contributed by atoms with Crippen molar-refractivity contribution in [2.75, 3.05) is 6.54 Å². The number of hydrogen-bond acceptors (Lipinski definition) is 4. The molecule has 6 heteroatoms. The summed E-state index contributed by atoms with van der Waals surface area (Å²) in [6.45, 7) is 5.14. The predicted octanol–water partition coefficient (Wildman–Crippen LogP) is 0.142. The van der Waals surface area contributed by atoms with Crippen LogP contribution in [0.1, 0.15) is 46.0 Å². The summed E-state index contributed by atoms with van der Waals surface area (Å²) in [7, 11) is 0. The summed E-state index contributed by atoms with van der Waals surface area (Å²) in [4.78, 5) is 23.8. The van der Waals surface area contributed by atoms with Crippen molar-refractivity contribution < 1.29 is 14.7 Å². The average Bonchev–Trinajstić information content (AvgIpc) is 3.13. The van der Waals surface area contributed by atoms with Crippen LogP contribution in [0.25, 0.3) is 0 Å². The van der Waals surface area contributed by atoms with Gasteiger partial charge in [0.25, 0.3) is 0 Å². The third-order valence-corrected chi connectivity index (χ3v) is 4.69. The van der Waals surface area contributed by atoms with Crippen LogP contribution in [-0.2, 0) is 9.59 Å². The van der Waals surface area contributed by atoms with E-state index < -0.39 is 18.1 Å². The molecule has 4 atom stereocenters. The van der Waals surface area contributed by atoms with E-state index in [4.69, 9.17) is 5.73 Å². The highest BCUT2D eigenvalue weighted by atomic mass is 16.3. The van der Waals surface area contributed by atoms with Crippen LogP contribution in [0, 0.1) is 17.8 Å². The number of aliphatic hydroxyl groups excluding tert-OH is 1. The molecule has 1 aliphatic carbocycles. The van der Waals surface area contributed by atoms with Crippen molar-refractivity contribution in [1.29, 1.82) is 0 Å². The zero-order valence-electron chi connectivity index (χ0n) is 13.5. The van der Waals surface area contributed by atoms with Crippen molar-refractivity contribution in [3.05, 3.63) is 0 Å². The van der Waals surface area contributed by atoms with Gasteiger partial charge >= 0.3 is 0 Å².